The monoisotopic (exact) mass is 410 g/mol. The van der Waals surface area contributed by atoms with Crippen molar-refractivity contribution in [3.63, 3.8) is 0 Å². The molecule has 4 aromatic rings. The SMILES string of the molecule is C.C.Cc1cc(-c2cc(N)n[nH]2)c[nH]c1=O.Cc1cc(-c2cc(N)n[nH]2)cnc1C. The Bertz CT molecular complexity index is 1160. The van der Waals surface area contributed by atoms with Crippen molar-refractivity contribution < 1.29 is 0 Å². The molecule has 4 rings (SSSR count). The lowest BCUT2D eigenvalue weighted by atomic mass is 10.1. The van der Waals surface area contributed by atoms with Gasteiger partial charge in [0.05, 0.1) is 11.4 Å². The molecular formula is C21H30N8O. The number of anilines is 2. The maximum Gasteiger partial charge on any atom is 0.250 e. The van der Waals surface area contributed by atoms with E-state index >= 15 is 0 Å². The highest BCUT2D eigenvalue weighted by molar-refractivity contribution is 5.62. The maximum absolute atomic E-state index is 11.1. The van der Waals surface area contributed by atoms with E-state index < -0.39 is 0 Å². The molecule has 0 radical (unpaired) electrons. The van der Waals surface area contributed by atoms with Crippen LogP contribution in [0.5, 0.6) is 0 Å². The summed E-state index contributed by atoms with van der Waals surface area (Å²) in [7, 11) is 0. The quantitative estimate of drug-likeness (QED) is 0.340. The summed E-state index contributed by atoms with van der Waals surface area (Å²) in [6, 6.07) is 7.36. The molecule has 9 heteroatoms. The molecule has 0 atom stereocenters. The number of nitrogens with zero attached hydrogens (tertiary/aromatic N) is 3. The molecule has 7 N–H and O–H groups in total. The van der Waals surface area contributed by atoms with Crippen LogP contribution in [0.4, 0.5) is 11.6 Å². The smallest absolute Gasteiger partial charge is 0.250 e. The van der Waals surface area contributed by atoms with Gasteiger partial charge in [-0.25, -0.2) is 0 Å². The molecule has 0 aliphatic carbocycles. The number of hydrogen-bond acceptors (Lipinski definition) is 6. The van der Waals surface area contributed by atoms with Crippen molar-refractivity contribution in [3.8, 4) is 22.5 Å². The summed E-state index contributed by atoms with van der Waals surface area (Å²) in [6.07, 6.45) is 3.44. The number of nitrogens with two attached hydrogens (primary N) is 2. The molecule has 0 aliphatic heterocycles. The lowest BCUT2D eigenvalue weighted by molar-refractivity contribution is 1.09. The first-order valence-corrected chi connectivity index (χ1v) is 8.58. The van der Waals surface area contributed by atoms with E-state index in [0.29, 0.717) is 17.2 Å². The van der Waals surface area contributed by atoms with Gasteiger partial charge < -0.3 is 16.5 Å². The van der Waals surface area contributed by atoms with E-state index in [1.165, 1.54) is 0 Å². The lowest BCUT2D eigenvalue weighted by Crippen LogP contribution is -2.07. The molecule has 30 heavy (non-hydrogen) atoms. The second-order valence-corrected chi connectivity index (χ2v) is 6.44. The number of hydrogen-bond donors (Lipinski definition) is 5. The molecule has 0 aliphatic rings. The Morgan fingerprint density at radius 3 is 1.80 bits per heavy atom. The van der Waals surface area contributed by atoms with Crippen molar-refractivity contribution in [2.24, 2.45) is 0 Å². The molecule has 4 heterocycles. The lowest BCUT2D eigenvalue weighted by Gasteiger charge is -2.01. The number of rotatable bonds is 2. The highest BCUT2D eigenvalue weighted by atomic mass is 16.1. The number of pyridine rings is 2. The van der Waals surface area contributed by atoms with Crippen LogP contribution in [0.2, 0.25) is 0 Å². The second kappa shape index (κ2) is 10.1. The fourth-order valence-corrected chi connectivity index (χ4v) is 2.51. The summed E-state index contributed by atoms with van der Waals surface area (Å²) in [5.41, 5.74) is 17.3. The normalized spacial score (nSPS) is 9.70. The largest absolute Gasteiger partial charge is 0.382 e. The summed E-state index contributed by atoms with van der Waals surface area (Å²) >= 11 is 0. The minimum absolute atomic E-state index is 0. The van der Waals surface area contributed by atoms with Gasteiger partial charge in [-0.1, -0.05) is 14.9 Å². The molecule has 0 fully saturated rings. The van der Waals surface area contributed by atoms with Crippen molar-refractivity contribution in [1.82, 2.24) is 30.4 Å². The van der Waals surface area contributed by atoms with Gasteiger partial charge in [-0.2, -0.15) is 10.2 Å². The van der Waals surface area contributed by atoms with Gasteiger partial charge in [0, 0.05) is 46.9 Å². The molecule has 0 aromatic carbocycles. The average molecular weight is 411 g/mol. The van der Waals surface area contributed by atoms with E-state index in [0.717, 1.165) is 33.8 Å². The number of nitrogen functional groups attached to an aromatic ring is 2. The van der Waals surface area contributed by atoms with Crippen LogP contribution in [0, 0.1) is 20.8 Å². The van der Waals surface area contributed by atoms with E-state index in [1.54, 1.807) is 31.3 Å². The number of aryl methyl sites for hydroxylation is 3. The van der Waals surface area contributed by atoms with Crippen LogP contribution in [0.3, 0.4) is 0 Å². The van der Waals surface area contributed by atoms with Crippen LogP contribution in [-0.2, 0) is 0 Å². The standard InChI is InChI=1S/C10H12N4.C9H10N4O.2CH4/c1-6-3-8(5-12-7(6)2)9-4-10(11)14-13-9;1-5-2-6(4-11-9(5)14)7-3-8(10)13-12-7;;/h3-5H,1-2H3,(H3,11,13,14);2-4H,1H3,(H,11,14)(H3,10,12,13);2*1H4. The molecule has 0 amide bonds. The summed E-state index contributed by atoms with van der Waals surface area (Å²) in [5, 5.41) is 13.3. The van der Waals surface area contributed by atoms with E-state index in [9.17, 15) is 4.79 Å². The molecule has 0 unspecified atom stereocenters. The van der Waals surface area contributed by atoms with Gasteiger partial charge in [0.15, 0.2) is 0 Å². The van der Waals surface area contributed by atoms with Crippen molar-refractivity contribution in [2.45, 2.75) is 35.6 Å². The zero-order valence-corrected chi connectivity index (χ0v) is 15.9. The predicted octanol–water partition coefficient (Wildman–Crippen LogP) is 3.60. The van der Waals surface area contributed by atoms with Crippen molar-refractivity contribution >= 4 is 11.6 Å². The average Bonchev–Trinajstić information content (AvgIpc) is 3.29. The Morgan fingerprint density at radius 2 is 1.33 bits per heavy atom. The van der Waals surface area contributed by atoms with Crippen molar-refractivity contribution in [3.05, 3.63) is 63.8 Å². The van der Waals surface area contributed by atoms with Gasteiger partial charge in [-0.05, 0) is 38.5 Å². The van der Waals surface area contributed by atoms with Crippen LogP contribution in [0.15, 0.2) is 41.5 Å². The first-order chi connectivity index (χ1) is 13.3. The summed E-state index contributed by atoms with van der Waals surface area (Å²) in [5.74, 6) is 0.932. The molecule has 9 nitrogen and oxygen atoms in total. The fourth-order valence-electron chi connectivity index (χ4n) is 2.51. The molecule has 0 bridgehead atoms. The Kier molecular flexibility index (Phi) is 8.10. The van der Waals surface area contributed by atoms with E-state index in [-0.39, 0.29) is 20.4 Å². The Labute approximate surface area is 176 Å². The number of nitrogens with one attached hydrogen (secondary N) is 3. The van der Waals surface area contributed by atoms with Crippen LogP contribution in [-0.4, -0.2) is 30.4 Å². The van der Waals surface area contributed by atoms with E-state index in [2.05, 4.69) is 36.4 Å². The molecule has 160 valence electrons. The first kappa shape index (κ1) is 24.2. The Hall–Kier alpha value is -3.88. The van der Waals surface area contributed by atoms with Gasteiger partial charge in [-0.3, -0.25) is 20.0 Å². The second-order valence-electron chi connectivity index (χ2n) is 6.44. The van der Waals surface area contributed by atoms with Gasteiger partial charge >= 0.3 is 0 Å². The summed E-state index contributed by atoms with van der Waals surface area (Å²) < 4.78 is 0. The third kappa shape index (κ3) is 5.57. The van der Waals surface area contributed by atoms with Gasteiger partial charge in [-0.15, -0.1) is 0 Å². The summed E-state index contributed by atoms with van der Waals surface area (Å²) in [6.45, 7) is 5.77. The van der Waals surface area contributed by atoms with E-state index in [1.807, 2.05) is 20.0 Å². The van der Waals surface area contributed by atoms with E-state index in [4.69, 9.17) is 11.5 Å². The zero-order chi connectivity index (χ0) is 20.3. The molecule has 0 spiro atoms. The number of aromatic nitrogens is 6. The van der Waals surface area contributed by atoms with Crippen LogP contribution >= 0.6 is 0 Å². The minimum atomic E-state index is -0.0822. The Balaban J connectivity index is 0.000000281. The van der Waals surface area contributed by atoms with Crippen LogP contribution < -0.4 is 17.0 Å². The van der Waals surface area contributed by atoms with Gasteiger partial charge in [0.1, 0.15) is 11.6 Å². The van der Waals surface area contributed by atoms with Crippen molar-refractivity contribution in [1.29, 1.82) is 0 Å². The van der Waals surface area contributed by atoms with Crippen LogP contribution in [0.25, 0.3) is 22.5 Å². The third-order valence-electron chi connectivity index (χ3n) is 4.25. The molecule has 4 aromatic heterocycles. The Morgan fingerprint density at radius 1 is 0.800 bits per heavy atom. The highest BCUT2D eigenvalue weighted by Gasteiger charge is 2.04. The molecule has 0 saturated heterocycles. The van der Waals surface area contributed by atoms with Crippen LogP contribution in [0.1, 0.15) is 31.7 Å². The van der Waals surface area contributed by atoms with Gasteiger partial charge in [0.2, 0.25) is 0 Å². The molecule has 0 saturated carbocycles. The zero-order valence-electron chi connectivity index (χ0n) is 15.9. The highest BCUT2D eigenvalue weighted by Crippen LogP contribution is 2.19. The van der Waals surface area contributed by atoms with Crippen molar-refractivity contribution in [2.75, 3.05) is 11.5 Å². The summed E-state index contributed by atoms with van der Waals surface area (Å²) in [4.78, 5) is 18.0. The molecular weight excluding hydrogens is 380 g/mol. The number of aromatic amines is 3. The topological polar surface area (TPSA) is 155 Å². The first-order valence-electron chi connectivity index (χ1n) is 8.58. The fraction of sp³-hybridized carbons (Fsp3) is 0.238. The minimum Gasteiger partial charge on any atom is -0.382 e. The maximum atomic E-state index is 11.1. The van der Waals surface area contributed by atoms with Gasteiger partial charge in [0.25, 0.3) is 5.56 Å². The third-order valence-corrected chi connectivity index (χ3v) is 4.25. The number of H-pyrrole nitrogens is 3. The predicted molar refractivity (Wildman–Crippen MR) is 123 cm³/mol.